The molecule has 0 radical (unpaired) electrons. The Morgan fingerprint density at radius 1 is 1.18 bits per heavy atom. The van der Waals surface area contributed by atoms with Crippen molar-refractivity contribution in [1.82, 2.24) is 0 Å². The van der Waals surface area contributed by atoms with Gasteiger partial charge >= 0.3 is 0 Å². The maximum absolute atomic E-state index is 12.8. The van der Waals surface area contributed by atoms with E-state index in [2.05, 4.69) is 19.2 Å². The smallest absolute Gasteiger partial charge is 0.232 e. The summed E-state index contributed by atoms with van der Waals surface area (Å²) in [5.41, 5.74) is 9.33. The minimum atomic E-state index is -0.160. The maximum Gasteiger partial charge on any atom is 0.232 e. The number of nitrogen functional groups attached to an aromatic ring is 1. The summed E-state index contributed by atoms with van der Waals surface area (Å²) in [6.45, 7) is 6.19. The van der Waals surface area contributed by atoms with Crippen LogP contribution in [-0.2, 0) is 4.79 Å². The number of benzene rings is 2. The molecule has 0 saturated carbocycles. The third-order valence-corrected chi connectivity index (χ3v) is 4.17. The molecule has 1 amide bonds. The largest absolute Gasteiger partial charge is 0.399 e. The molecule has 3 heteroatoms. The molecule has 0 aliphatic rings. The molecule has 0 fully saturated rings. The second-order valence-corrected chi connectivity index (χ2v) is 5.84. The molecule has 3 N–H and O–H groups in total. The summed E-state index contributed by atoms with van der Waals surface area (Å²) >= 11 is 0. The molecule has 0 bridgehead atoms. The SMILES string of the molecule is CCC(C)C(C(=O)Nc1cc(N)ccc1C)c1ccccc1. The van der Waals surface area contributed by atoms with Crippen LogP contribution in [-0.4, -0.2) is 5.91 Å². The topological polar surface area (TPSA) is 55.1 Å². The van der Waals surface area contributed by atoms with Gasteiger partial charge in [-0.3, -0.25) is 4.79 Å². The standard InChI is InChI=1S/C19H24N2O/c1-4-13(2)18(15-8-6-5-7-9-15)19(22)21-17-12-16(20)11-10-14(17)3/h5-13,18H,4,20H2,1-3H3,(H,21,22). The number of hydrogen-bond acceptors (Lipinski definition) is 2. The highest BCUT2D eigenvalue weighted by Crippen LogP contribution is 2.29. The van der Waals surface area contributed by atoms with Crippen LogP contribution in [0.4, 0.5) is 11.4 Å². The highest BCUT2D eigenvalue weighted by Gasteiger charge is 2.26. The van der Waals surface area contributed by atoms with Gasteiger partial charge in [0.2, 0.25) is 5.91 Å². The third-order valence-electron chi connectivity index (χ3n) is 4.17. The van der Waals surface area contributed by atoms with Gasteiger partial charge in [0.05, 0.1) is 5.92 Å². The van der Waals surface area contributed by atoms with Crippen molar-refractivity contribution in [1.29, 1.82) is 0 Å². The number of nitrogens with two attached hydrogens (primary N) is 1. The van der Waals surface area contributed by atoms with E-state index >= 15 is 0 Å². The van der Waals surface area contributed by atoms with Crippen LogP contribution >= 0.6 is 0 Å². The molecule has 2 aromatic carbocycles. The lowest BCUT2D eigenvalue weighted by atomic mass is 9.85. The molecule has 0 spiro atoms. The van der Waals surface area contributed by atoms with E-state index in [1.54, 1.807) is 0 Å². The van der Waals surface area contributed by atoms with Crippen molar-refractivity contribution in [3.8, 4) is 0 Å². The molecule has 22 heavy (non-hydrogen) atoms. The van der Waals surface area contributed by atoms with Crippen molar-refractivity contribution >= 4 is 17.3 Å². The lowest BCUT2D eigenvalue weighted by molar-refractivity contribution is -0.118. The molecule has 2 atom stereocenters. The Hall–Kier alpha value is -2.29. The molecule has 3 nitrogen and oxygen atoms in total. The van der Waals surface area contributed by atoms with E-state index in [4.69, 9.17) is 5.73 Å². The third kappa shape index (κ3) is 3.67. The molecule has 2 unspecified atom stereocenters. The molecule has 0 aliphatic heterocycles. The van der Waals surface area contributed by atoms with Crippen LogP contribution in [0, 0.1) is 12.8 Å². The summed E-state index contributed by atoms with van der Waals surface area (Å²) in [5.74, 6) is 0.130. The minimum absolute atomic E-state index is 0.0225. The second-order valence-electron chi connectivity index (χ2n) is 5.84. The van der Waals surface area contributed by atoms with E-state index in [0.29, 0.717) is 5.69 Å². The van der Waals surface area contributed by atoms with E-state index < -0.39 is 0 Å². The number of carbonyl (C=O) groups is 1. The van der Waals surface area contributed by atoms with Crippen LogP contribution < -0.4 is 11.1 Å². The van der Waals surface area contributed by atoms with Gasteiger partial charge < -0.3 is 11.1 Å². The zero-order valence-electron chi connectivity index (χ0n) is 13.5. The van der Waals surface area contributed by atoms with E-state index in [9.17, 15) is 4.79 Å². The first-order chi connectivity index (χ1) is 10.5. The highest BCUT2D eigenvalue weighted by atomic mass is 16.1. The van der Waals surface area contributed by atoms with E-state index in [0.717, 1.165) is 23.2 Å². The quantitative estimate of drug-likeness (QED) is 0.806. The van der Waals surface area contributed by atoms with Crippen molar-refractivity contribution in [3.63, 3.8) is 0 Å². The van der Waals surface area contributed by atoms with Gasteiger partial charge in [-0.25, -0.2) is 0 Å². The normalized spacial score (nSPS) is 13.4. The van der Waals surface area contributed by atoms with Crippen molar-refractivity contribution < 1.29 is 4.79 Å². The Kier molecular flexibility index (Phi) is 5.21. The first kappa shape index (κ1) is 16.1. The lowest BCUT2D eigenvalue weighted by Gasteiger charge is -2.23. The summed E-state index contributed by atoms with van der Waals surface area (Å²) in [6, 6.07) is 15.5. The van der Waals surface area contributed by atoms with Gasteiger partial charge in [-0.1, -0.05) is 56.7 Å². The zero-order valence-corrected chi connectivity index (χ0v) is 13.5. The van der Waals surface area contributed by atoms with Gasteiger partial charge in [0, 0.05) is 11.4 Å². The number of hydrogen-bond donors (Lipinski definition) is 2. The molecule has 0 heterocycles. The van der Waals surface area contributed by atoms with Crippen molar-refractivity contribution in [2.24, 2.45) is 5.92 Å². The first-order valence-corrected chi connectivity index (χ1v) is 7.74. The summed E-state index contributed by atoms with van der Waals surface area (Å²) in [4.78, 5) is 12.8. The Balaban J connectivity index is 2.28. The van der Waals surface area contributed by atoms with Gasteiger partial charge in [0.25, 0.3) is 0 Å². The minimum Gasteiger partial charge on any atom is -0.399 e. The molecule has 0 aromatic heterocycles. The molecule has 2 aromatic rings. The Labute approximate surface area is 132 Å². The summed E-state index contributed by atoms with van der Waals surface area (Å²) < 4.78 is 0. The summed E-state index contributed by atoms with van der Waals surface area (Å²) in [5, 5.41) is 3.05. The fourth-order valence-corrected chi connectivity index (χ4v) is 2.62. The van der Waals surface area contributed by atoms with Gasteiger partial charge in [-0.15, -0.1) is 0 Å². The molecule has 116 valence electrons. The molecule has 2 rings (SSSR count). The zero-order chi connectivity index (χ0) is 16.1. The number of carbonyl (C=O) groups excluding carboxylic acids is 1. The van der Waals surface area contributed by atoms with E-state index in [1.807, 2.05) is 55.5 Å². The number of anilines is 2. The lowest BCUT2D eigenvalue weighted by Crippen LogP contribution is -2.26. The molecule has 0 aliphatic carbocycles. The predicted molar refractivity (Wildman–Crippen MR) is 92.9 cm³/mol. The monoisotopic (exact) mass is 296 g/mol. The Bertz CT molecular complexity index is 637. The average molecular weight is 296 g/mol. The fourth-order valence-electron chi connectivity index (χ4n) is 2.62. The van der Waals surface area contributed by atoms with Crippen LogP contribution in [0.1, 0.15) is 37.3 Å². The Morgan fingerprint density at radius 2 is 1.86 bits per heavy atom. The van der Waals surface area contributed by atoms with Crippen LogP contribution in [0.15, 0.2) is 48.5 Å². The van der Waals surface area contributed by atoms with Gasteiger partial charge in [-0.2, -0.15) is 0 Å². The fraction of sp³-hybridized carbons (Fsp3) is 0.316. The highest BCUT2D eigenvalue weighted by molar-refractivity contribution is 5.97. The number of aryl methyl sites for hydroxylation is 1. The van der Waals surface area contributed by atoms with Crippen molar-refractivity contribution in [3.05, 3.63) is 59.7 Å². The van der Waals surface area contributed by atoms with Crippen LogP contribution in [0.25, 0.3) is 0 Å². The number of rotatable bonds is 5. The van der Waals surface area contributed by atoms with Gasteiger partial charge in [-0.05, 0) is 36.1 Å². The van der Waals surface area contributed by atoms with Crippen LogP contribution in [0.5, 0.6) is 0 Å². The van der Waals surface area contributed by atoms with Crippen LogP contribution in [0.3, 0.4) is 0 Å². The number of nitrogens with one attached hydrogen (secondary N) is 1. The van der Waals surface area contributed by atoms with Crippen molar-refractivity contribution in [2.75, 3.05) is 11.1 Å². The molecule has 0 saturated heterocycles. The molecular formula is C19H24N2O. The summed E-state index contributed by atoms with van der Waals surface area (Å²) in [7, 11) is 0. The predicted octanol–water partition coefficient (Wildman–Crippen LogP) is 4.35. The Morgan fingerprint density at radius 3 is 2.50 bits per heavy atom. The first-order valence-electron chi connectivity index (χ1n) is 7.74. The summed E-state index contributed by atoms with van der Waals surface area (Å²) in [6.07, 6.45) is 0.947. The average Bonchev–Trinajstić information content (AvgIpc) is 2.52. The van der Waals surface area contributed by atoms with E-state index in [-0.39, 0.29) is 17.7 Å². The van der Waals surface area contributed by atoms with Gasteiger partial charge in [0.1, 0.15) is 0 Å². The van der Waals surface area contributed by atoms with Gasteiger partial charge in [0.15, 0.2) is 0 Å². The number of amides is 1. The second kappa shape index (κ2) is 7.12. The molecular weight excluding hydrogens is 272 g/mol. The van der Waals surface area contributed by atoms with Crippen molar-refractivity contribution in [2.45, 2.75) is 33.1 Å². The van der Waals surface area contributed by atoms with Crippen LogP contribution in [0.2, 0.25) is 0 Å². The van der Waals surface area contributed by atoms with E-state index in [1.165, 1.54) is 0 Å². The maximum atomic E-state index is 12.8.